The maximum absolute atomic E-state index is 10.4. The zero-order valence-electron chi connectivity index (χ0n) is 10.4. The largest absolute Gasteiger partial charge is 0.390 e. The standard InChI is InChI=1S/C13H26O2/c1-4-11(5-2)12(14)13(15)8-6-10(3)7-9-13/h10-12,14-15H,4-9H2,1-3H3. The highest BCUT2D eigenvalue weighted by Crippen LogP contribution is 2.37. The summed E-state index contributed by atoms with van der Waals surface area (Å²) >= 11 is 0. The van der Waals surface area contributed by atoms with E-state index in [2.05, 4.69) is 20.8 Å². The molecule has 2 nitrogen and oxygen atoms in total. The quantitative estimate of drug-likeness (QED) is 0.755. The van der Waals surface area contributed by atoms with Crippen LogP contribution in [0.3, 0.4) is 0 Å². The fourth-order valence-corrected chi connectivity index (χ4v) is 2.73. The van der Waals surface area contributed by atoms with Gasteiger partial charge in [-0.15, -0.1) is 0 Å². The third kappa shape index (κ3) is 2.94. The average Bonchev–Trinajstić information content (AvgIpc) is 2.24. The molecule has 0 saturated heterocycles. The van der Waals surface area contributed by atoms with E-state index in [1.54, 1.807) is 0 Å². The van der Waals surface area contributed by atoms with Crippen LogP contribution in [0.25, 0.3) is 0 Å². The summed E-state index contributed by atoms with van der Waals surface area (Å²) in [7, 11) is 0. The van der Waals surface area contributed by atoms with Gasteiger partial charge >= 0.3 is 0 Å². The summed E-state index contributed by atoms with van der Waals surface area (Å²) in [5.74, 6) is 0.961. The molecule has 1 fully saturated rings. The smallest absolute Gasteiger partial charge is 0.0908 e. The van der Waals surface area contributed by atoms with E-state index in [0.717, 1.165) is 38.5 Å². The molecule has 0 bridgehead atoms. The molecule has 0 heterocycles. The van der Waals surface area contributed by atoms with Gasteiger partial charge in [-0.3, -0.25) is 0 Å². The summed E-state index contributed by atoms with van der Waals surface area (Å²) in [6, 6.07) is 0. The van der Waals surface area contributed by atoms with Crippen LogP contribution in [-0.2, 0) is 0 Å². The Labute approximate surface area is 93.7 Å². The lowest BCUT2D eigenvalue weighted by Gasteiger charge is -2.41. The van der Waals surface area contributed by atoms with Gasteiger partial charge in [-0.2, -0.15) is 0 Å². The zero-order valence-corrected chi connectivity index (χ0v) is 10.4. The van der Waals surface area contributed by atoms with Gasteiger partial charge in [0.25, 0.3) is 0 Å². The zero-order chi connectivity index (χ0) is 11.5. The van der Waals surface area contributed by atoms with Crippen LogP contribution in [-0.4, -0.2) is 21.9 Å². The Balaban J connectivity index is 2.60. The Morgan fingerprint density at radius 1 is 1.20 bits per heavy atom. The normalized spacial score (nSPS) is 34.4. The molecular weight excluding hydrogens is 188 g/mol. The number of hydrogen-bond acceptors (Lipinski definition) is 2. The van der Waals surface area contributed by atoms with Gasteiger partial charge in [0, 0.05) is 0 Å². The average molecular weight is 214 g/mol. The van der Waals surface area contributed by atoms with Crippen molar-refractivity contribution in [2.24, 2.45) is 11.8 Å². The first-order valence-electron chi connectivity index (χ1n) is 6.44. The Kier molecular flexibility index (Phi) is 4.60. The minimum absolute atomic E-state index is 0.253. The first kappa shape index (κ1) is 13.0. The lowest BCUT2D eigenvalue weighted by atomic mass is 9.72. The molecule has 1 aliphatic rings. The Bertz CT molecular complexity index is 179. The molecular formula is C13H26O2. The molecule has 1 aliphatic carbocycles. The van der Waals surface area contributed by atoms with Gasteiger partial charge in [0.05, 0.1) is 11.7 Å². The van der Waals surface area contributed by atoms with Gasteiger partial charge in [0.2, 0.25) is 0 Å². The number of rotatable bonds is 4. The van der Waals surface area contributed by atoms with E-state index < -0.39 is 11.7 Å². The molecule has 0 aliphatic heterocycles. The van der Waals surface area contributed by atoms with E-state index >= 15 is 0 Å². The second-order valence-electron chi connectivity index (χ2n) is 5.31. The lowest BCUT2D eigenvalue weighted by molar-refractivity contribution is -0.126. The highest BCUT2D eigenvalue weighted by molar-refractivity contribution is 4.93. The van der Waals surface area contributed by atoms with Gasteiger partial charge in [-0.25, -0.2) is 0 Å². The van der Waals surface area contributed by atoms with Crippen LogP contribution in [0.5, 0.6) is 0 Å². The molecule has 0 aromatic rings. The maximum atomic E-state index is 10.4. The van der Waals surface area contributed by atoms with E-state index in [4.69, 9.17) is 0 Å². The van der Waals surface area contributed by atoms with Crippen LogP contribution < -0.4 is 0 Å². The molecule has 1 rings (SSSR count). The topological polar surface area (TPSA) is 40.5 Å². The Hall–Kier alpha value is -0.0800. The minimum atomic E-state index is -0.802. The van der Waals surface area contributed by atoms with Crippen molar-refractivity contribution in [3.63, 3.8) is 0 Å². The van der Waals surface area contributed by atoms with Gasteiger partial charge < -0.3 is 10.2 Å². The molecule has 2 N–H and O–H groups in total. The summed E-state index contributed by atoms with van der Waals surface area (Å²) in [5, 5.41) is 20.7. The van der Waals surface area contributed by atoms with E-state index in [1.807, 2.05) is 0 Å². The van der Waals surface area contributed by atoms with Crippen LogP contribution in [0, 0.1) is 11.8 Å². The van der Waals surface area contributed by atoms with Crippen molar-refractivity contribution < 1.29 is 10.2 Å². The molecule has 1 atom stereocenters. The SMILES string of the molecule is CCC(CC)C(O)C1(O)CCC(C)CC1. The molecule has 0 radical (unpaired) electrons. The Morgan fingerprint density at radius 3 is 2.07 bits per heavy atom. The van der Waals surface area contributed by atoms with Crippen molar-refractivity contribution in [3.8, 4) is 0 Å². The number of hydrogen-bond donors (Lipinski definition) is 2. The highest BCUT2D eigenvalue weighted by Gasteiger charge is 2.41. The number of aliphatic hydroxyl groups excluding tert-OH is 1. The lowest BCUT2D eigenvalue weighted by Crippen LogP contribution is -2.48. The van der Waals surface area contributed by atoms with Crippen LogP contribution in [0.4, 0.5) is 0 Å². The first-order chi connectivity index (χ1) is 7.03. The molecule has 15 heavy (non-hydrogen) atoms. The molecule has 90 valence electrons. The van der Waals surface area contributed by atoms with Crippen molar-refractivity contribution >= 4 is 0 Å². The second-order valence-corrected chi connectivity index (χ2v) is 5.31. The van der Waals surface area contributed by atoms with Gasteiger partial charge in [0.1, 0.15) is 0 Å². The van der Waals surface area contributed by atoms with E-state index in [9.17, 15) is 10.2 Å². The van der Waals surface area contributed by atoms with Gasteiger partial charge in [0.15, 0.2) is 0 Å². The summed E-state index contributed by atoms with van der Waals surface area (Å²) in [6.45, 7) is 6.40. The van der Waals surface area contributed by atoms with Crippen LogP contribution in [0.2, 0.25) is 0 Å². The fraction of sp³-hybridized carbons (Fsp3) is 1.00. The van der Waals surface area contributed by atoms with E-state index in [1.165, 1.54) is 0 Å². The Morgan fingerprint density at radius 2 is 1.67 bits per heavy atom. The van der Waals surface area contributed by atoms with Crippen molar-refractivity contribution in [1.29, 1.82) is 0 Å². The summed E-state index contributed by atoms with van der Waals surface area (Å²) < 4.78 is 0. The highest BCUT2D eigenvalue weighted by atomic mass is 16.3. The molecule has 2 heteroatoms. The molecule has 0 aromatic carbocycles. The maximum Gasteiger partial charge on any atom is 0.0908 e. The molecule has 1 unspecified atom stereocenters. The first-order valence-corrected chi connectivity index (χ1v) is 6.44. The third-order valence-electron chi connectivity index (χ3n) is 4.19. The predicted octanol–water partition coefficient (Wildman–Crippen LogP) is 2.72. The van der Waals surface area contributed by atoms with Crippen molar-refractivity contribution in [2.75, 3.05) is 0 Å². The monoisotopic (exact) mass is 214 g/mol. The van der Waals surface area contributed by atoms with Crippen molar-refractivity contribution in [2.45, 2.75) is 71.0 Å². The van der Waals surface area contributed by atoms with Crippen molar-refractivity contribution in [1.82, 2.24) is 0 Å². The molecule has 0 spiro atoms. The van der Waals surface area contributed by atoms with E-state index in [-0.39, 0.29) is 5.92 Å². The van der Waals surface area contributed by atoms with Crippen LogP contribution in [0.15, 0.2) is 0 Å². The third-order valence-corrected chi connectivity index (χ3v) is 4.19. The minimum Gasteiger partial charge on any atom is -0.390 e. The van der Waals surface area contributed by atoms with Crippen LogP contribution in [0.1, 0.15) is 59.3 Å². The van der Waals surface area contributed by atoms with Crippen LogP contribution >= 0.6 is 0 Å². The van der Waals surface area contributed by atoms with Crippen molar-refractivity contribution in [3.05, 3.63) is 0 Å². The molecule has 1 saturated carbocycles. The fourth-order valence-electron chi connectivity index (χ4n) is 2.73. The molecule has 0 aromatic heterocycles. The molecule has 0 amide bonds. The van der Waals surface area contributed by atoms with E-state index in [0.29, 0.717) is 5.92 Å². The predicted molar refractivity (Wildman–Crippen MR) is 62.7 cm³/mol. The van der Waals surface area contributed by atoms with Gasteiger partial charge in [-0.1, -0.05) is 33.6 Å². The number of aliphatic hydroxyl groups is 2. The summed E-state index contributed by atoms with van der Waals surface area (Å²) in [6.07, 6.45) is 5.02. The second kappa shape index (κ2) is 5.31. The summed E-state index contributed by atoms with van der Waals surface area (Å²) in [5.41, 5.74) is -0.802. The summed E-state index contributed by atoms with van der Waals surface area (Å²) in [4.78, 5) is 0. The van der Waals surface area contributed by atoms with Gasteiger partial charge in [-0.05, 0) is 37.5 Å².